The highest BCUT2D eigenvalue weighted by Gasteiger charge is 2.21. The molecule has 0 aliphatic heterocycles. The lowest BCUT2D eigenvalue weighted by Crippen LogP contribution is -2.42. The maximum Gasteiger partial charge on any atom is 0.106 e. The topological polar surface area (TPSA) is 45.0 Å². The van der Waals surface area contributed by atoms with Gasteiger partial charge in [-0.3, -0.25) is 5.32 Å². The van der Waals surface area contributed by atoms with Gasteiger partial charge in [0.25, 0.3) is 0 Å². The lowest BCUT2D eigenvalue weighted by Gasteiger charge is -2.22. The molecule has 1 atom stereocenters. The van der Waals surface area contributed by atoms with Gasteiger partial charge in [-0.25, -0.2) is 0 Å². The van der Waals surface area contributed by atoms with Crippen molar-refractivity contribution in [2.24, 2.45) is 0 Å². The Hall–Kier alpha value is -0.590. The van der Waals surface area contributed by atoms with Crippen molar-refractivity contribution < 1.29 is 4.74 Å². The van der Waals surface area contributed by atoms with Crippen molar-refractivity contribution in [2.45, 2.75) is 77.7 Å². The summed E-state index contributed by atoms with van der Waals surface area (Å²) in [7, 11) is 0. The van der Waals surface area contributed by atoms with Gasteiger partial charge in [0.15, 0.2) is 0 Å². The largest absolute Gasteiger partial charge is 0.381 e. The molecule has 0 saturated carbocycles. The molecular weight excluding hydrogens is 236 g/mol. The molecule has 1 N–H and O–H groups in total. The third-order valence-electron chi connectivity index (χ3n) is 3.40. The fraction of sp³-hybridized carbons (Fsp3) is 0.938. The highest BCUT2D eigenvalue weighted by molar-refractivity contribution is 5.03. The Labute approximate surface area is 119 Å². The van der Waals surface area contributed by atoms with Crippen LogP contribution in [0.25, 0.3) is 0 Å². The molecule has 0 spiro atoms. The molecule has 112 valence electrons. The Morgan fingerprint density at radius 2 is 1.68 bits per heavy atom. The van der Waals surface area contributed by atoms with Crippen LogP contribution in [-0.4, -0.2) is 25.3 Å². The summed E-state index contributed by atoms with van der Waals surface area (Å²) in [6.07, 6.45) is 9.56. The molecule has 0 amide bonds. The van der Waals surface area contributed by atoms with Crippen LogP contribution in [0.15, 0.2) is 0 Å². The molecule has 0 rings (SSSR count). The second kappa shape index (κ2) is 12.4. The number of unbranched alkanes of at least 4 members (excludes halogenated alkanes) is 5. The van der Waals surface area contributed by atoms with Crippen LogP contribution in [0.2, 0.25) is 0 Å². The Morgan fingerprint density at radius 1 is 1.00 bits per heavy atom. The molecule has 19 heavy (non-hydrogen) atoms. The molecule has 0 aliphatic carbocycles. The van der Waals surface area contributed by atoms with Crippen molar-refractivity contribution in [3.63, 3.8) is 0 Å². The number of nitriles is 1. The standard InChI is InChI=1S/C16H32N2O/c1-4-6-7-8-9-10-13-19-14-11-16(3,15-17)18-12-5-2/h18H,4-14H2,1-3H3. The molecule has 0 saturated heterocycles. The SMILES string of the molecule is CCCCCCCCOCCC(C)(C#N)NCCC. The zero-order chi connectivity index (χ0) is 14.4. The molecule has 3 nitrogen and oxygen atoms in total. The summed E-state index contributed by atoms with van der Waals surface area (Å²) in [6, 6.07) is 2.35. The predicted molar refractivity (Wildman–Crippen MR) is 81.1 cm³/mol. The average Bonchev–Trinajstić information content (AvgIpc) is 2.43. The molecule has 0 aromatic rings. The number of ether oxygens (including phenoxy) is 1. The Kier molecular flexibility index (Phi) is 12.1. The summed E-state index contributed by atoms with van der Waals surface area (Å²) in [5.74, 6) is 0. The summed E-state index contributed by atoms with van der Waals surface area (Å²) in [6.45, 7) is 8.71. The van der Waals surface area contributed by atoms with Crippen LogP contribution in [0, 0.1) is 11.3 Å². The summed E-state index contributed by atoms with van der Waals surface area (Å²) >= 11 is 0. The minimum atomic E-state index is -0.433. The van der Waals surface area contributed by atoms with Gasteiger partial charge in [-0.05, 0) is 26.3 Å². The first kappa shape index (κ1) is 18.4. The molecule has 1 unspecified atom stereocenters. The van der Waals surface area contributed by atoms with E-state index in [0.29, 0.717) is 6.61 Å². The molecule has 0 aromatic heterocycles. The summed E-state index contributed by atoms with van der Waals surface area (Å²) in [4.78, 5) is 0. The number of hydrogen-bond donors (Lipinski definition) is 1. The zero-order valence-electron chi connectivity index (χ0n) is 13.1. The van der Waals surface area contributed by atoms with Gasteiger partial charge >= 0.3 is 0 Å². The van der Waals surface area contributed by atoms with E-state index >= 15 is 0 Å². The van der Waals surface area contributed by atoms with E-state index in [1.54, 1.807) is 0 Å². The van der Waals surface area contributed by atoms with E-state index in [1.807, 2.05) is 6.92 Å². The number of rotatable bonds is 13. The first-order valence-corrected chi connectivity index (χ1v) is 7.92. The molecule has 0 heterocycles. The average molecular weight is 268 g/mol. The third kappa shape index (κ3) is 11.0. The smallest absolute Gasteiger partial charge is 0.106 e. The Balaban J connectivity index is 3.44. The van der Waals surface area contributed by atoms with Gasteiger partial charge < -0.3 is 4.74 Å². The molecule has 0 radical (unpaired) electrons. The van der Waals surface area contributed by atoms with E-state index < -0.39 is 5.54 Å². The lowest BCUT2D eigenvalue weighted by molar-refractivity contribution is 0.114. The van der Waals surface area contributed by atoms with Crippen molar-refractivity contribution >= 4 is 0 Å². The fourth-order valence-corrected chi connectivity index (χ4v) is 1.95. The number of hydrogen-bond acceptors (Lipinski definition) is 3. The van der Waals surface area contributed by atoms with E-state index in [1.165, 1.54) is 32.1 Å². The molecule has 0 aliphatic rings. The van der Waals surface area contributed by atoms with Gasteiger partial charge in [0, 0.05) is 19.6 Å². The van der Waals surface area contributed by atoms with Gasteiger partial charge in [0.1, 0.15) is 5.54 Å². The van der Waals surface area contributed by atoms with Crippen LogP contribution in [0.4, 0.5) is 0 Å². The number of nitrogens with one attached hydrogen (secondary N) is 1. The predicted octanol–water partition coefficient (Wildman–Crippen LogP) is 4.04. The van der Waals surface area contributed by atoms with E-state index in [2.05, 4.69) is 25.2 Å². The van der Waals surface area contributed by atoms with E-state index in [0.717, 1.165) is 32.4 Å². The minimum Gasteiger partial charge on any atom is -0.381 e. The lowest BCUT2D eigenvalue weighted by atomic mass is 10.0. The zero-order valence-corrected chi connectivity index (χ0v) is 13.1. The highest BCUT2D eigenvalue weighted by Crippen LogP contribution is 2.09. The van der Waals surface area contributed by atoms with Crippen molar-refractivity contribution in [1.29, 1.82) is 5.26 Å². The second-order valence-electron chi connectivity index (χ2n) is 5.50. The van der Waals surface area contributed by atoms with E-state index in [4.69, 9.17) is 10.00 Å². The summed E-state index contributed by atoms with van der Waals surface area (Å²) in [5, 5.41) is 12.4. The maximum atomic E-state index is 9.17. The molecule has 3 heteroatoms. The highest BCUT2D eigenvalue weighted by atomic mass is 16.5. The van der Waals surface area contributed by atoms with Crippen LogP contribution in [0.1, 0.15) is 72.1 Å². The number of nitrogens with zero attached hydrogens (tertiary/aromatic N) is 1. The quantitative estimate of drug-likeness (QED) is 0.513. The first-order chi connectivity index (χ1) is 9.18. The van der Waals surface area contributed by atoms with Gasteiger partial charge in [0.05, 0.1) is 6.07 Å². The van der Waals surface area contributed by atoms with Gasteiger partial charge in [-0.1, -0.05) is 46.0 Å². The van der Waals surface area contributed by atoms with Crippen molar-refractivity contribution in [2.75, 3.05) is 19.8 Å². The monoisotopic (exact) mass is 268 g/mol. The summed E-state index contributed by atoms with van der Waals surface area (Å²) < 4.78 is 5.63. The van der Waals surface area contributed by atoms with Crippen molar-refractivity contribution in [3.05, 3.63) is 0 Å². The van der Waals surface area contributed by atoms with Crippen LogP contribution in [0.5, 0.6) is 0 Å². The maximum absolute atomic E-state index is 9.17. The third-order valence-corrected chi connectivity index (χ3v) is 3.40. The molecule has 0 fully saturated rings. The van der Waals surface area contributed by atoms with Crippen LogP contribution >= 0.6 is 0 Å². The van der Waals surface area contributed by atoms with Gasteiger partial charge in [-0.2, -0.15) is 5.26 Å². The van der Waals surface area contributed by atoms with Crippen LogP contribution < -0.4 is 5.32 Å². The van der Waals surface area contributed by atoms with Gasteiger partial charge in [-0.15, -0.1) is 0 Å². The molecule has 0 bridgehead atoms. The normalized spacial score (nSPS) is 14.0. The second-order valence-corrected chi connectivity index (χ2v) is 5.50. The van der Waals surface area contributed by atoms with E-state index in [9.17, 15) is 0 Å². The minimum absolute atomic E-state index is 0.433. The van der Waals surface area contributed by atoms with Crippen molar-refractivity contribution in [3.8, 4) is 6.07 Å². The van der Waals surface area contributed by atoms with E-state index in [-0.39, 0.29) is 0 Å². The molecular formula is C16H32N2O. The Bertz CT molecular complexity index is 237. The Morgan fingerprint density at radius 3 is 2.32 bits per heavy atom. The first-order valence-electron chi connectivity index (χ1n) is 7.92. The molecule has 0 aromatic carbocycles. The van der Waals surface area contributed by atoms with Crippen LogP contribution in [-0.2, 0) is 4.74 Å². The fourth-order valence-electron chi connectivity index (χ4n) is 1.95. The summed E-state index contributed by atoms with van der Waals surface area (Å²) in [5.41, 5.74) is -0.433. The van der Waals surface area contributed by atoms with Crippen molar-refractivity contribution in [1.82, 2.24) is 5.32 Å². The van der Waals surface area contributed by atoms with Crippen LogP contribution in [0.3, 0.4) is 0 Å². The van der Waals surface area contributed by atoms with Gasteiger partial charge in [0.2, 0.25) is 0 Å².